The van der Waals surface area contributed by atoms with E-state index in [9.17, 15) is 9.18 Å². The van der Waals surface area contributed by atoms with Crippen molar-refractivity contribution in [2.24, 2.45) is 0 Å². The van der Waals surface area contributed by atoms with Gasteiger partial charge in [-0.2, -0.15) is 0 Å². The van der Waals surface area contributed by atoms with Crippen LogP contribution in [-0.2, 0) is 6.42 Å². The lowest BCUT2D eigenvalue weighted by Crippen LogP contribution is -2.06. The SMILES string of the molecule is O=C(Cc1cccc(Cl)c1F)c1ccc(Cl)cc1Br. The minimum atomic E-state index is -0.553. The smallest absolute Gasteiger partial charge is 0.168 e. The third-order valence-corrected chi connectivity index (χ3v) is 3.80. The lowest BCUT2D eigenvalue weighted by atomic mass is 10.0. The number of ketones is 1. The highest BCUT2D eigenvalue weighted by atomic mass is 79.9. The summed E-state index contributed by atoms with van der Waals surface area (Å²) in [6, 6.07) is 9.46. The molecule has 2 rings (SSSR count). The molecule has 0 saturated heterocycles. The summed E-state index contributed by atoms with van der Waals surface area (Å²) in [6.45, 7) is 0. The summed E-state index contributed by atoms with van der Waals surface area (Å²) in [5.41, 5.74) is 0.739. The summed E-state index contributed by atoms with van der Waals surface area (Å²) < 4.78 is 14.3. The number of carbonyl (C=O) groups is 1. The Bertz CT molecular complexity index is 643. The molecule has 0 saturated carbocycles. The number of rotatable bonds is 3. The zero-order valence-corrected chi connectivity index (χ0v) is 12.7. The van der Waals surface area contributed by atoms with Crippen molar-refractivity contribution >= 4 is 44.9 Å². The van der Waals surface area contributed by atoms with E-state index in [-0.39, 0.29) is 22.8 Å². The van der Waals surface area contributed by atoms with Gasteiger partial charge in [0.25, 0.3) is 0 Å². The molecule has 0 heterocycles. The fourth-order valence-corrected chi connectivity index (χ4v) is 2.77. The maximum absolute atomic E-state index is 13.7. The van der Waals surface area contributed by atoms with Crippen LogP contribution in [0.4, 0.5) is 4.39 Å². The minimum absolute atomic E-state index is 0.0143. The quantitative estimate of drug-likeness (QED) is 0.676. The number of hydrogen-bond acceptors (Lipinski definition) is 1. The molecular weight excluding hydrogens is 354 g/mol. The average molecular weight is 362 g/mol. The number of hydrogen-bond donors (Lipinski definition) is 0. The second kappa shape index (κ2) is 6.04. The molecule has 98 valence electrons. The molecule has 5 heteroatoms. The predicted molar refractivity (Wildman–Crippen MR) is 78.6 cm³/mol. The van der Waals surface area contributed by atoms with Crippen LogP contribution >= 0.6 is 39.1 Å². The summed E-state index contributed by atoms with van der Waals surface area (Å²) in [4.78, 5) is 12.1. The Balaban J connectivity index is 2.28. The highest BCUT2D eigenvalue weighted by Gasteiger charge is 2.14. The first-order valence-corrected chi connectivity index (χ1v) is 6.95. The topological polar surface area (TPSA) is 17.1 Å². The minimum Gasteiger partial charge on any atom is -0.294 e. The van der Waals surface area contributed by atoms with Crippen LogP contribution in [0.15, 0.2) is 40.9 Å². The first-order chi connectivity index (χ1) is 8.99. The van der Waals surface area contributed by atoms with Crippen LogP contribution in [0.2, 0.25) is 10.0 Å². The highest BCUT2D eigenvalue weighted by molar-refractivity contribution is 9.10. The van der Waals surface area contributed by atoms with E-state index in [1.807, 2.05) is 0 Å². The van der Waals surface area contributed by atoms with Crippen molar-refractivity contribution in [3.05, 3.63) is 67.9 Å². The molecule has 0 amide bonds. The van der Waals surface area contributed by atoms with Crippen molar-refractivity contribution in [2.75, 3.05) is 0 Å². The Hall–Kier alpha value is -0.900. The van der Waals surface area contributed by atoms with Gasteiger partial charge in [0.1, 0.15) is 5.82 Å². The van der Waals surface area contributed by atoms with E-state index in [2.05, 4.69) is 15.9 Å². The molecule has 0 aromatic heterocycles. The van der Waals surface area contributed by atoms with Crippen molar-refractivity contribution in [1.82, 2.24) is 0 Å². The Morgan fingerprint density at radius 3 is 2.63 bits per heavy atom. The number of carbonyl (C=O) groups excluding carboxylic acids is 1. The Labute approximate surface area is 128 Å². The van der Waals surface area contributed by atoms with Crippen LogP contribution in [0.3, 0.4) is 0 Å². The molecule has 0 unspecified atom stereocenters. The van der Waals surface area contributed by atoms with Crippen LogP contribution < -0.4 is 0 Å². The fourth-order valence-electron chi connectivity index (χ4n) is 1.67. The van der Waals surface area contributed by atoms with Crippen LogP contribution in [0.5, 0.6) is 0 Å². The lowest BCUT2D eigenvalue weighted by molar-refractivity contribution is 0.0991. The van der Waals surface area contributed by atoms with Gasteiger partial charge in [-0.05, 0) is 45.8 Å². The van der Waals surface area contributed by atoms with Crippen molar-refractivity contribution in [3.63, 3.8) is 0 Å². The Kier molecular flexibility index (Phi) is 4.61. The van der Waals surface area contributed by atoms with Crippen LogP contribution in [-0.4, -0.2) is 5.78 Å². The third-order valence-electron chi connectivity index (χ3n) is 2.61. The summed E-state index contributed by atoms with van der Waals surface area (Å²) >= 11 is 14.8. The first kappa shape index (κ1) is 14.5. The molecule has 0 aliphatic rings. The molecule has 0 radical (unpaired) electrons. The van der Waals surface area contributed by atoms with E-state index < -0.39 is 5.82 Å². The molecule has 0 N–H and O–H groups in total. The number of benzene rings is 2. The molecule has 0 fully saturated rings. The second-order valence-corrected chi connectivity index (χ2v) is 5.64. The van der Waals surface area contributed by atoms with Gasteiger partial charge in [0.05, 0.1) is 5.02 Å². The highest BCUT2D eigenvalue weighted by Crippen LogP contribution is 2.24. The molecular formula is C14H8BrCl2FO. The summed E-state index contributed by atoms with van der Waals surface area (Å²) in [5.74, 6) is -0.757. The van der Waals surface area contributed by atoms with E-state index in [1.165, 1.54) is 6.07 Å². The number of halogens is 4. The maximum atomic E-state index is 13.7. The van der Waals surface area contributed by atoms with Crippen LogP contribution in [0, 0.1) is 5.82 Å². The molecule has 0 spiro atoms. The molecule has 19 heavy (non-hydrogen) atoms. The molecule has 1 nitrogen and oxygen atoms in total. The summed E-state index contributed by atoms with van der Waals surface area (Å²) in [5, 5.41) is 0.540. The van der Waals surface area contributed by atoms with Crippen LogP contribution in [0.25, 0.3) is 0 Å². The summed E-state index contributed by atoms with van der Waals surface area (Å²) in [6.07, 6.45) is -0.0490. The van der Waals surface area contributed by atoms with Gasteiger partial charge in [0.2, 0.25) is 0 Å². The van der Waals surface area contributed by atoms with E-state index >= 15 is 0 Å². The van der Waals surface area contributed by atoms with E-state index in [4.69, 9.17) is 23.2 Å². The predicted octanol–water partition coefficient (Wildman–Crippen LogP) is 5.32. The van der Waals surface area contributed by atoms with Gasteiger partial charge in [0.15, 0.2) is 5.78 Å². The average Bonchev–Trinajstić information content (AvgIpc) is 2.34. The molecule has 2 aromatic rings. The summed E-state index contributed by atoms with van der Waals surface area (Å²) in [7, 11) is 0. The van der Waals surface area contributed by atoms with Crippen LogP contribution in [0.1, 0.15) is 15.9 Å². The van der Waals surface area contributed by atoms with E-state index in [0.29, 0.717) is 15.1 Å². The number of Topliss-reactive ketones (excluding diaryl/α,β-unsaturated/α-hetero) is 1. The molecule has 2 aromatic carbocycles. The van der Waals surface area contributed by atoms with E-state index in [0.717, 1.165) is 0 Å². The van der Waals surface area contributed by atoms with Gasteiger partial charge >= 0.3 is 0 Å². The normalized spacial score (nSPS) is 10.5. The second-order valence-electron chi connectivity index (χ2n) is 3.94. The van der Waals surface area contributed by atoms with Gasteiger partial charge in [-0.1, -0.05) is 35.3 Å². The molecule has 0 aliphatic carbocycles. The zero-order chi connectivity index (χ0) is 14.0. The van der Waals surface area contributed by atoms with Crippen molar-refractivity contribution < 1.29 is 9.18 Å². The molecule has 0 atom stereocenters. The van der Waals surface area contributed by atoms with Gasteiger partial charge in [0, 0.05) is 21.5 Å². The standard InChI is InChI=1S/C14H8BrCl2FO/c15-11-7-9(16)4-5-10(11)13(19)6-8-2-1-3-12(17)14(8)18/h1-5,7H,6H2. The largest absolute Gasteiger partial charge is 0.294 e. The van der Waals surface area contributed by atoms with Gasteiger partial charge in [-0.25, -0.2) is 4.39 Å². The molecule has 0 aliphatic heterocycles. The van der Waals surface area contributed by atoms with E-state index in [1.54, 1.807) is 30.3 Å². The Morgan fingerprint density at radius 1 is 1.21 bits per heavy atom. The van der Waals surface area contributed by atoms with Gasteiger partial charge in [-0.15, -0.1) is 0 Å². The Morgan fingerprint density at radius 2 is 1.95 bits per heavy atom. The third kappa shape index (κ3) is 3.35. The van der Waals surface area contributed by atoms with Gasteiger partial charge in [-0.3, -0.25) is 4.79 Å². The maximum Gasteiger partial charge on any atom is 0.168 e. The molecule has 0 bridgehead atoms. The van der Waals surface area contributed by atoms with Gasteiger partial charge < -0.3 is 0 Å². The van der Waals surface area contributed by atoms with Crippen molar-refractivity contribution in [2.45, 2.75) is 6.42 Å². The lowest BCUT2D eigenvalue weighted by Gasteiger charge is -2.06. The van der Waals surface area contributed by atoms with Crippen molar-refractivity contribution in [3.8, 4) is 0 Å². The van der Waals surface area contributed by atoms with Crippen molar-refractivity contribution in [1.29, 1.82) is 0 Å². The monoisotopic (exact) mass is 360 g/mol. The fraction of sp³-hybridized carbons (Fsp3) is 0.0714. The first-order valence-electron chi connectivity index (χ1n) is 5.40. The zero-order valence-electron chi connectivity index (χ0n) is 9.59.